The molecule has 0 N–H and O–H groups in total. The van der Waals surface area contributed by atoms with E-state index in [4.69, 9.17) is 14.7 Å². The molecule has 258 valence electrons. The summed E-state index contributed by atoms with van der Waals surface area (Å²) in [4.78, 5) is 9.69. The Balaban J connectivity index is 1.32. The highest BCUT2D eigenvalue weighted by Gasteiger charge is 2.42. The van der Waals surface area contributed by atoms with Crippen molar-refractivity contribution in [1.82, 2.24) is 14.5 Å². The predicted octanol–water partition coefficient (Wildman–Crippen LogP) is 9.05. The maximum absolute atomic E-state index is 6.91. The van der Waals surface area contributed by atoms with Crippen LogP contribution in [0.25, 0.3) is 38.9 Å². The maximum Gasteiger partial charge on any atom is 0.179 e. The fourth-order valence-electron chi connectivity index (χ4n) is 8.79. The molecular formula is C49H37N3OSi. The third kappa shape index (κ3) is 4.82. The standard InChI is InChI=1S/C49H37N3OSi/c1-49(2)40-22-9-10-24-45(40)53-48-41(49)28-29-43-47(48)39-27-26-38(33-44(39)52(43)46-25-12-14-31-51-46)54(35-17-5-3-6-18-35,36-19-7-4-8-20-36)37-21-15-16-34(32-37)42-23-11-13-30-50-42/h3-33H,1-2H3. The lowest BCUT2D eigenvalue weighted by atomic mass is 9.75. The number of rotatable bonds is 6. The van der Waals surface area contributed by atoms with Gasteiger partial charge >= 0.3 is 0 Å². The van der Waals surface area contributed by atoms with Crippen molar-refractivity contribution in [2.24, 2.45) is 0 Å². The fraction of sp³-hybridized carbons (Fsp3) is 0.0612. The van der Waals surface area contributed by atoms with Crippen molar-refractivity contribution >= 4 is 50.6 Å². The van der Waals surface area contributed by atoms with Gasteiger partial charge in [-0.15, -0.1) is 0 Å². The van der Waals surface area contributed by atoms with Gasteiger partial charge in [0.25, 0.3) is 0 Å². The van der Waals surface area contributed by atoms with Gasteiger partial charge in [-0.2, -0.15) is 0 Å². The van der Waals surface area contributed by atoms with Gasteiger partial charge in [0, 0.05) is 39.9 Å². The number of pyridine rings is 2. The van der Waals surface area contributed by atoms with Crippen LogP contribution in [-0.4, -0.2) is 22.6 Å². The van der Waals surface area contributed by atoms with Gasteiger partial charge < -0.3 is 4.74 Å². The summed E-state index contributed by atoms with van der Waals surface area (Å²) in [6.45, 7) is 4.60. The number of nitrogens with zero attached hydrogens (tertiary/aromatic N) is 3. The van der Waals surface area contributed by atoms with Crippen LogP contribution in [0.4, 0.5) is 0 Å². The molecule has 0 saturated heterocycles. The highest BCUT2D eigenvalue weighted by atomic mass is 28.3. The summed E-state index contributed by atoms with van der Waals surface area (Å²) in [6.07, 6.45) is 3.74. The molecule has 0 bridgehead atoms. The Morgan fingerprint density at radius 1 is 0.519 bits per heavy atom. The van der Waals surface area contributed by atoms with Crippen molar-refractivity contribution in [3.8, 4) is 28.6 Å². The number of benzene rings is 6. The first-order valence-corrected chi connectivity index (χ1v) is 20.5. The van der Waals surface area contributed by atoms with E-state index in [1.165, 1.54) is 31.9 Å². The first kappa shape index (κ1) is 32.1. The van der Waals surface area contributed by atoms with E-state index in [0.717, 1.165) is 50.4 Å². The van der Waals surface area contributed by atoms with E-state index < -0.39 is 8.07 Å². The molecule has 1 aliphatic heterocycles. The molecule has 54 heavy (non-hydrogen) atoms. The Morgan fingerprint density at radius 3 is 1.91 bits per heavy atom. The lowest BCUT2D eigenvalue weighted by Crippen LogP contribution is -2.74. The van der Waals surface area contributed by atoms with Gasteiger partial charge in [-0.3, -0.25) is 9.55 Å². The topological polar surface area (TPSA) is 39.9 Å². The van der Waals surface area contributed by atoms with Crippen molar-refractivity contribution in [1.29, 1.82) is 0 Å². The molecule has 0 saturated carbocycles. The highest BCUT2D eigenvalue weighted by Crippen LogP contribution is 2.52. The second kappa shape index (κ2) is 12.5. The van der Waals surface area contributed by atoms with Crippen LogP contribution in [0.15, 0.2) is 188 Å². The largest absolute Gasteiger partial charge is 0.456 e. The van der Waals surface area contributed by atoms with Crippen molar-refractivity contribution < 1.29 is 4.74 Å². The van der Waals surface area contributed by atoms with Crippen LogP contribution in [-0.2, 0) is 5.41 Å². The minimum Gasteiger partial charge on any atom is -0.456 e. The maximum atomic E-state index is 6.91. The molecule has 10 rings (SSSR count). The minimum absolute atomic E-state index is 0.237. The molecule has 0 aliphatic carbocycles. The SMILES string of the molecule is CC1(C)c2ccccc2Oc2c1ccc1c2c2ccc([Si](c3ccccc3)(c3ccccc3)c3cccc(-c4ccccn4)c3)cc2n1-c1ccccn1. The summed E-state index contributed by atoms with van der Waals surface area (Å²) >= 11 is 0. The van der Waals surface area contributed by atoms with Crippen molar-refractivity contribution in [3.05, 3.63) is 199 Å². The molecule has 4 nitrogen and oxygen atoms in total. The predicted molar refractivity (Wildman–Crippen MR) is 224 cm³/mol. The molecule has 4 heterocycles. The van der Waals surface area contributed by atoms with Gasteiger partial charge in [0.15, 0.2) is 8.07 Å². The molecule has 0 amide bonds. The number of hydrogen-bond acceptors (Lipinski definition) is 3. The molecule has 0 atom stereocenters. The molecule has 0 spiro atoms. The first-order chi connectivity index (χ1) is 26.5. The van der Waals surface area contributed by atoms with Gasteiger partial charge in [-0.25, -0.2) is 4.98 Å². The van der Waals surface area contributed by atoms with Crippen LogP contribution in [0, 0.1) is 0 Å². The van der Waals surface area contributed by atoms with Gasteiger partial charge in [-0.05, 0) is 63.2 Å². The van der Waals surface area contributed by atoms with E-state index >= 15 is 0 Å². The molecule has 1 aliphatic rings. The quantitative estimate of drug-likeness (QED) is 0.128. The number of fused-ring (bicyclic) bond motifs is 6. The van der Waals surface area contributed by atoms with Crippen LogP contribution in [0.2, 0.25) is 0 Å². The Labute approximate surface area is 316 Å². The molecule has 0 radical (unpaired) electrons. The molecular weight excluding hydrogens is 675 g/mol. The third-order valence-electron chi connectivity index (χ3n) is 11.3. The molecule has 3 aromatic heterocycles. The average molecular weight is 712 g/mol. The summed E-state index contributed by atoms with van der Waals surface area (Å²) < 4.78 is 9.24. The van der Waals surface area contributed by atoms with E-state index in [1.54, 1.807) is 0 Å². The van der Waals surface area contributed by atoms with Crippen LogP contribution >= 0.6 is 0 Å². The monoisotopic (exact) mass is 711 g/mol. The molecule has 9 aromatic rings. The number of aromatic nitrogens is 3. The van der Waals surface area contributed by atoms with Gasteiger partial charge in [0.05, 0.1) is 22.1 Å². The zero-order valence-electron chi connectivity index (χ0n) is 30.1. The Bertz CT molecular complexity index is 2780. The Hall–Kier alpha value is -6.56. The smallest absolute Gasteiger partial charge is 0.179 e. The average Bonchev–Trinajstić information content (AvgIpc) is 3.57. The van der Waals surface area contributed by atoms with Crippen molar-refractivity contribution in [2.75, 3.05) is 0 Å². The summed E-state index contributed by atoms with van der Waals surface area (Å²) in [6, 6.07) is 63.6. The third-order valence-corrected chi connectivity index (χ3v) is 16.1. The van der Waals surface area contributed by atoms with Gasteiger partial charge in [0.1, 0.15) is 17.3 Å². The molecule has 0 fully saturated rings. The van der Waals surface area contributed by atoms with Crippen molar-refractivity contribution in [3.63, 3.8) is 0 Å². The van der Waals surface area contributed by atoms with Crippen LogP contribution in [0.1, 0.15) is 25.0 Å². The Morgan fingerprint density at radius 2 is 1.19 bits per heavy atom. The van der Waals surface area contributed by atoms with Crippen LogP contribution in [0.3, 0.4) is 0 Å². The second-order valence-corrected chi connectivity index (χ2v) is 18.4. The zero-order chi connectivity index (χ0) is 36.3. The lowest BCUT2D eigenvalue weighted by Gasteiger charge is -2.35. The molecule has 5 heteroatoms. The summed E-state index contributed by atoms with van der Waals surface area (Å²) in [7, 11) is -2.95. The van der Waals surface area contributed by atoms with Crippen molar-refractivity contribution in [2.45, 2.75) is 19.3 Å². The molecule has 6 aromatic carbocycles. The van der Waals surface area contributed by atoms with Gasteiger partial charge in [-0.1, -0.05) is 147 Å². The van der Waals surface area contributed by atoms with E-state index in [-0.39, 0.29) is 5.41 Å². The fourth-order valence-corrected chi connectivity index (χ4v) is 13.6. The van der Waals surface area contributed by atoms with Crippen LogP contribution < -0.4 is 25.5 Å². The highest BCUT2D eigenvalue weighted by molar-refractivity contribution is 7.20. The lowest BCUT2D eigenvalue weighted by molar-refractivity contribution is 0.423. The van der Waals surface area contributed by atoms with E-state index in [2.05, 4.69) is 182 Å². The van der Waals surface area contributed by atoms with E-state index in [0.29, 0.717) is 0 Å². The normalized spacial score (nSPS) is 13.3. The van der Waals surface area contributed by atoms with Crippen LogP contribution in [0.5, 0.6) is 11.5 Å². The number of hydrogen-bond donors (Lipinski definition) is 0. The second-order valence-electron chi connectivity index (χ2n) is 14.6. The zero-order valence-corrected chi connectivity index (χ0v) is 31.1. The van der Waals surface area contributed by atoms with Gasteiger partial charge in [0.2, 0.25) is 0 Å². The summed E-state index contributed by atoms with van der Waals surface area (Å²) in [5, 5.41) is 7.44. The number of para-hydroxylation sites is 1. The molecule has 0 unspecified atom stereocenters. The van der Waals surface area contributed by atoms with E-state index in [9.17, 15) is 0 Å². The van der Waals surface area contributed by atoms with E-state index in [1.807, 2.05) is 24.5 Å². The number of ether oxygens (including phenoxy) is 1. The first-order valence-electron chi connectivity index (χ1n) is 18.5. The Kier molecular flexibility index (Phi) is 7.46. The summed E-state index contributed by atoms with van der Waals surface area (Å²) in [5.41, 5.74) is 6.37. The minimum atomic E-state index is -2.95. The summed E-state index contributed by atoms with van der Waals surface area (Å²) in [5.74, 6) is 2.69.